The van der Waals surface area contributed by atoms with E-state index in [1.54, 1.807) is 6.07 Å². The van der Waals surface area contributed by atoms with Crippen LogP contribution in [0.2, 0.25) is 0 Å². The Hall–Kier alpha value is -2.47. The number of nitrogens with zero attached hydrogens (tertiary/aromatic N) is 2. The molecule has 1 unspecified atom stereocenters. The third kappa shape index (κ3) is 3.07. The van der Waals surface area contributed by atoms with Crippen molar-refractivity contribution in [2.24, 2.45) is 0 Å². The van der Waals surface area contributed by atoms with E-state index in [-0.39, 0.29) is 11.9 Å². The van der Waals surface area contributed by atoms with Gasteiger partial charge in [-0.1, -0.05) is 35.0 Å². The molecule has 2 heterocycles. The molecular weight excluding hydrogens is 298 g/mol. The second kappa shape index (κ2) is 6.11. The van der Waals surface area contributed by atoms with Crippen molar-refractivity contribution in [2.75, 3.05) is 0 Å². The number of aryl methyl sites for hydroxylation is 1. The van der Waals surface area contributed by atoms with Gasteiger partial charge in [0.15, 0.2) is 0 Å². The largest absolute Gasteiger partial charge is 0.340 e. The number of aromatic nitrogens is 2. The van der Waals surface area contributed by atoms with E-state index in [1.807, 2.05) is 49.6 Å². The highest BCUT2D eigenvalue weighted by Gasteiger charge is 2.18. The van der Waals surface area contributed by atoms with Gasteiger partial charge in [0.05, 0.1) is 4.88 Å². The minimum absolute atomic E-state index is 0.141. The second-order valence-corrected chi connectivity index (χ2v) is 5.95. The number of rotatable bonds is 4. The third-order valence-electron chi connectivity index (χ3n) is 3.18. The third-order valence-corrected chi connectivity index (χ3v) is 4.05. The lowest BCUT2D eigenvalue weighted by Gasteiger charge is -2.07. The van der Waals surface area contributed by atoms with Crippen LogP contribution < -0.4 is 5.32 Å². The quantitative estimate of drug-likeness (QED) is 0.799. The number of hydrogen-bond donors (Lipinski definition) is 1. The zero-order chi connectivity index (χ0) is 15.5. The molecule has 0 spiro atoms. The molecule has 0 saturated heterocycles. The van der Waals surface area contributed by atoms with Crippen molar-refractivity contribution < 1.29 is 9.32 Å². The van der Waals surface area contributed by atoms with E-state index >= 15 is 0 Å². The molecule has 6 heteroatoms. The summed E-state index contributed by atoms with van der Waals surface area (Å²) in [6, 6.07) is 11.1. The Morgan fingerprint density at radius 3 is 2.91 bits per heavy atom. The Morgan fingerprint density at radius 1 is 1.32 bits per heavy atom. The maximum absolute atomic E-state index is 12.0. The number of thiophene rings is 1. The molecule has 0 bridgehead atoms. The fourth-order valence-corrected chi connectivity index (χ4v) is 2.68. The number of nitrogens with one attached hydrogen (secondary N) is 1. The van der Waals surface area contributed by atoms with Crippen LogP contribution in [0.3, 0.4) is 0 Å². The predicted molar refractivity (Wildman–Crippen MR) is 84.7 cm³/mol. The van der Waals surface area contributed by atoms with Crippen molar-refractivity contribution >= 4 is 17.2 Å². The molecule has 0 aliphatic rings. The fourth-order valence-electron chi connectivity index (χ4n) is 2.05. The summed E-state index contributed by atoms with van der Waals surface area (Å²) in [5.41, 5.74) is 2.02. The molecule has 0 aliphatic carbocycles. The highest BCUT2D eigenvalue weighted by molar-refractivity contribution is 7.12. The van der Waals surface area contributed by atoms with Crippen molar-refractivity contribution in [1.82, 2.24) is 15.5 Å². The van der Waals surface area contributed by atoms with Gasteiger partial charge in [-0.3, -0.25) is 4.79 Å². The summed E-state index contributed by atoms with van der Waals surface area (Å²) in [5.74, 6) is 0.773. The van der Waals surface area contributed by atoms with Gasteiger partial charge in [-0.25, -0.2) is 0 Å². The van der Waals surface area contributed by atoms with Crippen LogP contribution in [-0.4, -0.2) is 16.0 Å². The molecule has 5 nitrogen and oxygen atoms in total. The molecule has 0 saturated carbocycles. The fraction of sp³-hybridized carbons (Fsp3) is 0.188. The van der Waals surface area contributed by atoms with Gasteiger partial charge in [0.1, 0.15) is 6.04 Å². The molecule has 2 aromatic heterocycles. The Balaban J connectivity index is 1.74. The Morgan fingerprint density at radius 2 is 2.18 bits per heavy atom. The average molecular weight is 313 g/mol. The first kappa shape index (κ1) is 14.5. The molecule has 1 amide bonds. The van der Waals surface area contributed by atoms with Crippen molar-refractivity contribution in [2.45, 2.75) is 19.9 Å². The normalized spacial score (nSPS) is 12.1. The minimum Gasteiger partial charge on any atom is -0.340 e. The summed E-state index contributed by atoms with van der Waals surface area (Å²) in [5, 5.41) is 8.70. The molecule has 3 rings (SSSR count). The van der Waals surface area contributed by atoms with Crippen LogP contribution in [0.1, 0.15) is 34.1 Å². The first-order valence-electron chi connectivity index (χ1n) is 6.88. The number of benzene rings is 1. The standard InChI is InChI=1S/C16H15N3O2S/c1-10-5-3-6-12(9-10)14-18-16(21-19-14)11(2)17-15(20)13-7-4-8-22-13/h3-9,11H,1-2H3,(H,17,20). The first-order chi connectivity index (χ1) is 10.6. The lowest BCUT2D eigenvalue weighted by Crippen LogP contribution is -2.26. The molecule has 0 aliphatic heterocycles. The molecule has 112 valence electrons. The molecule has 1 atom stereocenters. The summed E-state index contributed by atoms with van der Waals surface area (Å²) in [6.07, 6.45) is 0. The molecule has 3 aromatic rings. The van der Waals surface area contributed by atoms with Gasteiger partial charge in [0.2, 0.25) is 11.7 Å². The molecule has 0 fully saturated rings. The van der Waals surface area contributed by atoms with E-state index in [1.165, 1.54) is 11.3 Å². The maximum Gasteiger partial charge on any atom is 0.261 e. The lowest BCUT2D eigenvalue weighted by molar-refractivity contribution is 0.0936. The Bertz CT molecular complexity index is 780. The summed E-state index contributed by atoms with van der Waals surface area (Å²) < 4.78 is 5.27. The van der Waals surface area contributed by atoms with Crippen LogP contribution in [0.4, 0.5) is 0 Å². The maximum atomic E-state index is 12.0. The van der Waals surface area contributed by atoms with Crippen LogP contribution in [-0.2, 0) is 0 Å². The van der Waals surface area contributed by atoms with Crippen molar-refractivity contribution in [3.63, 3.8) is 0 Å². The second-order valence-electron chi connectivity index (χ2n) is 5.00. The zero-order valence-corrected chi connectivity index (χ0v) is 13.1. The van der Waals surface area contributed by atoms with E-state index in [0.29, 0.717) is 16.6 Å². The number of amides is 1. The van der Waals surface area contributed by atoms with E-state index < -0.39 is 0 Å². The highest BCUT2D eigenvalue weighted by Crippen LogP contribution is 2.20. The highest BCUT2D eigenvalue weighted by atomic mass is 32.1. The molecule has 22 heavy (non-hydrogen) atoms. The summed E-state index contributed by atoms with van der Waals surface area (Å²) in [4.78, 5) is 17.0. The van der Waals surface area contributed by atoms with Gasteiger partial charge in [-0.2, -0.15) is 4.98 Å². The average Bonchev–Trinajstić information content (AvgIpc) is 3.19. The van der Waals surface area contributed by atoms with E-state index in [4.69, 9.17) is 4.52 Å². The summed E-state index contributed by atoms with van der Waals surface area (Å²) in [7, 11) is 0. The van der Waals surface area contributed by atoms with Crippen molar-refractivity contribution in [1.29, 1.82) is 0 Å². The monoisotopic (exact) mass is 313 g/mol. The number of hydrogen-bond acceptors (Lipinski definition) is 5. The SMILES string of the molecule is Cc1cccc(-c2noc(C(C)NC(=O)c3cccs3)n2)c1. The summed E-state index contributed by atoms with van der Waals surface area (Å²) in [6.45, 7) is 3.83. The van der Waals surface area contributed by atoms with Crippen LogP contribution in [0.25, 0.3) is 11.4 Å². The Labute approximate surface area is 132 Å². The van der Waals surface area contributed by atoms with Crippen LogP contribution in [0.15, 0.2) is 46.3 Å². The topological polar surface area (TPSA) is 68.0 Å². The van der Waals surface area contributed by atoms with Gasteiger partial charge >= 0.3 is 0 Å². The van der Waals surface area contributed by atoms with Gasteiger partial charge in [0.25, 0.3) is 5.91 Å². The van der Waals surface area contributed by atoms with Gasteiger partial charge in [-0.15, -0.1) is 11.3 Å². The first-order valence-corrected chi connectivity index (χ1v) is 7.76. The van der Waals surface area contributed by atoms with Crippen LogP contribution >= 0.6 is 11.3 Å². The molecule has 0 radical (unpaired) electrons. The van der Waals surface area contributed by atoms with Crippen LogP contribution in [0.5, 0.6) is 0 Å². The van der Waals surface area contributed by atoms with Crippen molar-refractivity contribution in [3.05, 3.63) is 58.1 Å². The molecule has 1 N–H and O–H groups in total. The van der Waals surface area contributed by atoms with E-state index in [2.05, 4.69) is 15.5 Å². The number of carbonyl (C=O) groups excluding carboxylic acids is 1. The number of carbonyl (C=O) groups is 1. The minimum atomic E-state index is -0.347. The zero-order valence-electron chi connectivity index (χ0n) is 12.2. The van der Waals surface area contributed by atoms with Crippen molar-refractivity contribution in [3.8, 4) is 11.4 Å². The summed E-state index contributed by atoms with van der Waals surface area (Å²) >= 11 is 1.39. The lowest BCUT2D eigenvalue weighted by atomic mass is 10.1. The van der Waals surface area contributed by atoms with E-state index in [9.17, 15) is 4.79 Å². The van der Waals surface area contributed by atoms with Gasteiger partial charge < -0.3 is 9.84 Å². The smallest absolute Gasteiger partial charge is 0.261 e. The Kier molecular flexibility index (Phi) is 4.02. The van der Waals surface area contributed by atoms with Gasteiger partial charge in [0, 0.05) is 5.56 Å². The van der Waals surface area contributed by atoms with Gasteiger partial charge in [-0.05, 0) is 31.4 Å². The molecular formula is C16H15N3O2S. The van der Waals surface area contributed by atoms with Crippen LogP contribution in [0, 0.1) is 6.92 Å². The van der Waals surface area contributed by atoms with E-state index in [0.717, 1.165) is 11.1 Å². The molecule has 1 aromatic carbocycles. The predicted octanol–water partition coefficient (Wildman–Crippen LogP) is 3.60.